The molecule has 3 heterocycles. The third-order valence-electron chi connectivity index (χ3n) is 11.2. The number of hydrogen-bond donors (Lipinski definition) is 1. The highest BCUT2D eigenvalue weighted by atomic mass is 32.2. The lowest BCUT2D eigenvalue weighted by Crippen LogP contribution is -2.58. The number of hydrogen-bond acceptors (Lipinski definition) is 8. The molecular weight excluding hydrogens is 663 g/mol. The summed E-state index contributed by atoms with van der Waals surface area (Å²) in [6.45, 7) is 6.18. The van der Waals surface area contributed by atoms with Gasteiger partial charge in [0, 0.05) is 68.3 Å². The van der Waals surface area contributed by atoms with Crippen LogP contribution in [0.5, 0.6) is 0 Å². The molecule has 1 N–H and O–H groups in total. The summed E-state index contributed by atoms with van der Waals surface area (Å²) in [6, 6.07) is 9.94. The van der Waals surface area contributed by atoms with E-state index in [1.54, 1.807) is 43.4 Å². The van der Waals surface area contributed by atoms with Gasteiger partial charge in [0.05, 0.1) is 23.2 Å². The Morgan fingerprint density at radius 1 is 1.10 bits per heavy atom. The van der Waals surface area contributed by atoms with Gasteiger partial charge in [-0.2, -0.15) is 0 Å². The van der Waals surface area contributed by atoms with Gasteiger partial charge in [-0.15, -0.1) is 0 Å². The van der Waals surface area contributed by atoms with Crippen molar-refractivity contribution in [2.24, 2.45) is 17.8 Å². The van der Waals surface area contributed by atoms with E-state index >= 15 is 8.78 Å². The Hall–Kier alpha value is -3.55. The van der Waals surface area contributed by atoms with Gasteiger partial charge in [0.25, 0.3) is 0 Å². The zero-order valence-corrected chi connectivity index (χ0v) is 30.6. The summed E-state index contributed by atoms with van der Waals surface area (Å²) < 4.78 is 62.9. The lowest BCUT2D eigenvalue weighted by atomic mass is 9.64. The Morgan fingerprint density at radius 2 is 1.84 bits per heavy atom. The van der Waals surface area contributed by atoms with Crippen LogP contribution in [0.25, 0.3) is 0 Å². The number of sulfone groups is 1. The van der Waals surface area contributed by atoms with Crippen LogP contribution in [0.4, 0.5) is 19.3 Å². The first-order valence-electron chi connectivity index (χ1n) is 17.6. The highest BCUT2D eigenvalue weighted by Gasteiger charge is 2.54. The number of aryl methyl sites for hydroxylation is 1. The quantitative estimate of drug-likeness (QED) is 0.295. The SMILES string of the molecule is COC(=O)N[C@H]1CCC[C@@H]1C(c1cccc(F)c1)(C1CCN(CC2CN(c3ccc(S(C)(=O)=O)c(CN(C)C)c3F)C2)CC1)n1ccnc1C. The Balaban J connectivity index is 1.21. The number of ether oxygens (including phenoxy) is 1. The van der Waals surface area contributed by atoms with E-state index < -0.39 is 27.3 Å². The van der Waals surface area contributed by atoms with Crippen molar-refractivity contribution < 1.29 is 26.7 Å². The predicted molar refractivity (Wildman–Crippen MR) is 189 cm³/mol. The fourth-order valence-corrected chi connectivity index (χ4v) is 10.0. The average Bonchev–Trinajstić information content (AvgIpc) is 3.70. The normalized spacial score (nSPS) is 22.0. The summed E-state index contributed by atoms with van der Waals surface area (Å²) in [5, 5.41) is 3.12. The lowest BCUT2D eigenvalue weighted by molar-refractivity contribution is 0.0457. The smallest absolute Gasteiger partial charge is 0.407 e. The van der Waals surface area contributed by atoms with Crippen molar-refractivity contribution in [1.82, 2.24) is 24.7 Å². The first kappa shape index (κ1) is 36.2. The summed E-state index contributed by atoms with van der Waals surface area (Å²) >= 11 is 0. The second-order valence-corrected chi connectivity index (χ2v) is 16.7. The minimum Gasteiger partial charge on any atom is -0.453 e. The van der Waals surface area contributed by atoms with Crippen LogP contribution >= 0.6 is 0 Å². The first-order valence-corrected chi connectivity index (χ1v) is 19.5. The van der Waals surface area contributed by atoms with Gasteiger partial charge in [-0.25, -0.2) is 27.0 Å². The molecule has 50 heavy (non-hydrogen) atoms. The topological polar surface area (TPSA) is 100 Å². The highest BCUT2D eigenvalue weighted by molar-refractivity contribution is 7.90. The average molecular weight is 713 g/mol. The zero-order valence-electron chi connectivity index (χ0n) is 29.7. The summed E-state index contributed by atoms with van der Waals surface area (Å²) in [5.41, 5.74) is 0.922. The number of alkyl carbamates (subject to hydrolysis) is 1. The van der Waals surface area contributed by atoms with Gasteiger partial charge < -0.3 is 29.3 Å². The number of imidazole rings is 1. The number of rotatable bonds is 11. The van der Waals surface area contributed by atoms with Gasteiger partial charge in [0.15, 0.2) is 15.7 Å². The number of benzene rings is 2. The number of halogens is 2. The second-order valence-electron chi connectivity index (χ2n) is 14.7. The molecule has 1 aliphatic carbocycles. The van der Waals surface area contributed by atoms with Crippen molar-refractivity contribution >= 4 is 21.6 Å². The number of nitrogens with zero attached hydrogens (tertiary/aromatic N) is 5. The molecule has 3 atom stereocenters. The zero-order chi connectivity index (χ0) is 35.8. The number of likely N-dealkylation sites (tertiary alicyclic amines) is 1. The number of carbonyl (C=O) groups is 1. The third-order valence-corrected chi connectivity index (χ3v) is 12.3. The van der Waals surface area contributed by atoms with Crippen molar-refractivity contribution in [3.8, 4) is 0 Å². The molecule has 2 aliphatic heterocycles. The Kier molecular flexibility index (Phi) is 10.6. The van der Waals surface area contributed by atoms with E-state index in [9.17, 15) is 13.2 Å². The molecule has 2 saturated heterocycles. The van der Waals surface area contributed by atoms with Crippen LogP contribution in [0.3, 0.4) is 0 Å². The molecule has 1 saturated carbocycles. The van der Waals surface area contributed by atoms with Gasteiger partial charge in [-0.1, -0.05) is 18.6 Å². The fraction of sp³-hybridized carbons (Fsp3) is 0.568. The largest absolute Gasteiger partial charge is 0.453 e. The summed E-state index contributed by atoms with van der Waals surface area (Å²) in [5.74, 6) is 0.591. The maximum absolute atomic E-state index is 15.8. The first-order chi connectivity index (χ1) is 23.8. The molecule has 1 amide bonds. The molecule has 1 aromatic heterocycles. The third kappa shape index (κ3) is 7.01. The molecule has 3 aliphatic rings. The van der Waals surface area contributed by atoms with E-state index in [0.29, 0.717) is 24.7 Å². The van der Waals surface area contributed by atoms with E-state index in [-0.39, 0.29) is 40.7 Å². The van der Waals surface area contributed by atoms with Gasteiger partial charge in [0.2, 0.25) is 0 Å². The Morgan fingerprint density at radius 3 is 2.46 bits per heavy atom. The van der Waals surface area contributed by atoms with E-state index in [2.05, 4.69) is 19.8 Å². The summed E-state index contributed by atoms with van der Waals surface area (Å²) in [7, 11) is 1.40. The maximum Gasteiger partial charge on any atom is 0.407 e. The number of piperidine rings is 1. The molecule has 10 nitrogen and oxygen atoms in total. The van der Waals surface area contributed by atoms with Crippen molar-refractivity contribution in [2.75, 3.05) is 65.1 Å². The van der Waals surface area contributed by atoms with Crippen LogP contribution in [-0.2, 0) is 26.7 Å². The van der Waals surface area contributed by atoms with Crippen molar-refractivity contribution in [1.29, 1.82) is 0 Å². The minimum absolute atomic E-state index is 0.00518. The number of amides is 1. The highest BCUT2D eigenvalue weighted by Crippen LogP contribution is 2.52. The van der Waals surface area contributed by atoms with E-state index in [0.717, 1.165) is 69.4 Å². The van der Waals surface area contributed by atoms with Gasteiger partial charge in [-0.05, 0) is 95.5 Å². The molecule has 13 heteroatoms. The van der Waals surface area contributed by atoms with Crippen molar-refractivity contribution in [3.63, 3.8) is 0 Å². The Bertz CT molecular complexity index is 1790. The molecule has 272 valence electrons. The van der Waals surface area contributed by atoms with Crippen molar-refractivity contribution in [2.45, 2.75) is 62.0 Å². The number of methoxy groups -OCH3 is 1. The van der Waals surface area contributed by atoms with Crippen LogP contribution < -0.4 is 10.2 Å². The summed E-state index contributed by atoms with van der Waals surface area (Å²) in [4.78, 5) is 23.4. The maximum atomic E-state index is 15.8. The molecule has 6 rings (SSSR count). The number of aromatic nitrogens is 2. The van der Waals surface area contributed by atoms with Crippen LogP contribution in [-0.4, -0.2) is 100 Å². The van der Waals surface area contributed by atoms with E-state index in [1.807, 2.05) is 24.1 Å². The minimum atomic E-state index is -3.57. The molecule has 0 spiro atoms. The van der Waals surface area contributed by atoms with Gasteiger partial charge in [0.1, 0.15) is 11.6 Å². The molecule has 0 bridgehead atoms. The molecule has 3 fully saturated rings. The lowest BCUT2D eigenvalue weighted by Gasteiger charge is -2.52. The fourth-order valence-electron chi connectivity index (χ4n) is 9.09. The standard InChI is InChI=1S/C37H50F2N6O4S/c1-25-40-16-19-45(25)37(28-8-6-9-29(38)20-28,31-10-7-11-32(31)41-36(46)49-4)27-14-17-43(18-15-27)21-26-22-44(23-26)33-12-13-34(50(5,47)48)30(35(33)39)24-42(2)3/h6,8-9,12-13,16,19-20,26-27,31-32H,7,10-11,14-15,17-18,21-24H2,1-5H3,(H,41,46)/t31-,32-,37?/m0/s1. The van der Waals surface area contributed by atoms with Gasteiger partial charge in [-0.3, -0.25) is 0 Å². The van der Waals surface area contributed by atoms with Crippen LogP contribution in [0, 0.1) is 36.3 Å². The molecular formula is C37H50F2N6O4S. The molecule has 1 unspecified atom stereocenters. The van der Waals surface area contributed by atoms with Crippen LogP contribution in [0.1, 0.15) is 49.1 Å². The number of anilines is 1. The van der Waals surface area contributed by atoms with E-state index in [4.69, 9.17) is 4.74 Å². The molecule has 3 aromatic rings. The Labute approximate surface area is 294 Å². The molecule has 0 radical (unpaired) electrons. The van der Waals surface area contributed by atoms with Crippen LogP contribution in [0.2, 0.25) is 0 Å². The second kappa shape index (κ2) is 14.6. The van der Waals surface area contributed by atoms with Crippen molar-refractivity contribution in [3.05, 3.63) is 77.4 Å². The predicted octanol–water partition coefficient (Wildman–Crippen LogP) is 5.05. The molecule has 2 aromatic carbocycles. The van der Waals surface area contributed by atoms with Crippen LogP contribution in [0.15, 0.2) is 53.7 Å². The van der Waals surface area contributed by atoms with E-state index in [1.165, 1.54) is 19.2 Å². The number of carbonyl (C=O) groups excluding carboxylic acids is 1. The van der Waals surface area contributed by atoms with Gasteiger partial charge >= 0.3 is 6.09 Å². The monoisotopic (exact) mass is 712 g/mol. The number of nitrogens with one attached hydrogen (secondary N) is 1. The summed E-state index contributed by atoms with van der Waals surface area (Å²) in [6.07, 6.45) is 8.86.